The van der Waals surface area contributed by atoms with Gasteiger partial charge >= 0.3 is 0 Å². The van der Waals surface area contributed by atoms with Crippen molar-refractivity contribution in [1.82, 2.24) is 0 Å². The number of aryl methyl sites for hydroxylation is 1. The Morgan fingerprint density at radius 3 is 0.766 bits per heavy atom. The van der Waals surface area contributed by atoms with Gasteiger partial charge < -0.3 is 61.6 Å². The van der Waals surface area contributed by atoms with Gasteiger partial charge in [-0.1, -0.05) is 122 Å². The summed E-state index contributed by atoms with van der Waals surface area (Å²) in [6, 6.07) is 8.45. The largest absolute Gasteiger partial charge is 0.491 e. The fraction of sp³-hybridized carbons (Fsp3) is 0.882. The third kappa shape index (κ3) is 48.5. The molecule has 0 spiro atoms. The lowest BCUT2D eigenvalue weighted by molar-refractivity contribution is -0.0285. The molecule has 378 valence electrons. The van der Waals surface area contributed by atoms with Crippen LogP contribution in [0.1, 0.15) is 129 Å². The van der Waals surface area contributed by atoms with E-state index in [2.05, 4.69) is 38.1 Å². The van der Waals surface area contributed by atoms with Crippen molar-refractivity contribution in [3.05, 3.63) is 29.8 Å². The lowest BCUT2D eigenvalue weighted by Gasteiger charge is -2.09. The molecular formula is C51H96O13. The number of ether oxygens (including phenoxy) is 13. The Morgan fingerprint density at radius 1 is 0.234 bits per heavy atom. The first-order valence-corrected chi connectivity index (χ1v) is 25.5. The highest BCUT2D eigenvalue weighted by Crippen LogP contribution is 2.15. The Kier molecular flexibility index (Phi) is 51.2. The second kappa shape index (κ2) is 54.1. The van der Waals surface area contributed by atoms with Gasteiger partial charge in [0, 0.05) is 6.61 Å². The van der Waals surface area contributed by atoms with E-state index in [0.29, 0.717) is 159 Å². The maximum Gasteiger partial charge on any atom is 0.119 e. The molecule has 0 N–H and O–H groups in total. The minimum Gasteiger partial charge on any atom is -0.491 e. The fourth-order valence-corrected chi connectivity index (χ4v) is 6.47. The SMILES string of the molecule is CCCCCCCCCCCCCOCCOCCOCCOCCOCCOCCOCCOCCOCCOCCOCCOCCOc1ccc(CCCCCCCC)cc1. The van der Waals surface area contributed by atoms with Crippen LogP contribution in [0, 0.1) is 0 Å². The smallest absolute Gasteiger partial charge is 0.119 e. The minimum atomic E-state index is 0.512. The first-order valence-electron chi connectivity index (χ1n) is 25.5. The third-order valence-corrected chi connectivity index (χ3v) is 10.2. The number of hydrogen-bond acceptors (Lipinski definition) is 13. The standard InChI is InChI=1S/C51H96O13/c1-3-5-7-9-11-12-13-14-15-17-19-25-52-26-27-53-28-29-54-30-31-55-32-33-56-34-35-57-36-37-58-38-39-59-40-41-60-42-43-61-44-45-62-46-47-63-48-49-64-51-23-21-50(22-24-51)20-18-16-10-8-6-4-2/h21-24H,3-20,25-49H2,1-2H3. The van der Waals surface area contributed by atoms with Crippen LogP contribution in [0.4, 0.5) is 0 Å². The zero-order chi connectivity index (χ0) is 45.6. The van der Waals surface area contributed by atoms with E-state index in [0.717, 1.165) is 25.2 Å². The average molecular weight is 917 g/mol. The van der Waals surface area contributed by atoms with Gasteiger partial charge in [0.15, 0.2) is 0 Å². The maximum absolute atomic E-state index is 5.79. The summed E-state index contributed by atoms with van der Waals surface area (Å²) in [5.74, 6) is 0.886. The average Bonchev–Trinajstić information content (AvgIpc) is 3.31. The summed E-state index contributed by atoms with van der Waals surface area (Å²) in [4.78, 5) is 0. The molecule has 0 bridgehead atoms. The van der Waals surface area contributed by atoms with Crippen LogP contribution >= 0.6 is 0 Å². The van der Waals surface area contributed by atoms with E-state index in [4.69, 9.17) is 61.6 Å². The molecule has 0 atom stereocenters. The van der Waals surface area contributed by atoms with Crippen LogP contribution in [0.15, 0.2) is 24.3 Å². The summed E-state index contributed by atoms with van der Waals surface area (Å²) < 4.78 is 72.5. The van der Waals surface area contributed by atoms with Crippen molar-refractivity contribution in [2.45, 2.75) is 129 Å². The van der Waals surface area contributed by atoms with Crippen molar-refractivity contribution < 1.29 is 61.6 Å². The molecule has 1 aromatic carbocycles. The summed E-state index contributed by atoms with van der Waals surface area (Å²) >= 11 is 0. The van der Waals surface area contributed by atoms with E-state index < -0.39 is 0 Å². The van der Waals surface area contributed by atoms with Gasteiger partial charge in [-0.05, 0) is 37.0 Å². The number of benzene rings is 1. The van der Waals surface area contributed by atoms with Gasteiger partial charge in [-0.15, -0.1) is 0 Å². The summed E-state index contributed by atoms with van der Waals surface area (Å²) in [6.07, 6.45) is 23.9. The molecule has 0 amide bonds. The topological polar surface area (TPSA) is 120 Å². The molecule has 0 aliphatic rings. The summed E-state index contributed by atoms with van der Waals surface area (Å²) in [5, 5.41) is 0. The molecule has 0 aliphatic heterocycles. The molecule has 0 fully saturated rings. The Balaban J connectivity index is 1.64. The van der Waals surface area contributed by atoms with Gasteiger partial charge in [-0.2, -0.15) is 0 Å². The lowest BCUT2D eigenvalue weighted by Crippen LogP contribution is -2.15. The molecule has 0 radical (unpaired) electrons. The molecule has 1 rings (SSSR count). The van der Waals surface area contributed by atoms with E-state index in [-0.39, 0.29) is 0 Å². The molecule has 0 aromatic heterocycles. The zero-order valence-corrected chi connectivity index (χ0v) is 41.0. The summed E-state index contributed by atoms with van der Waals surface area (Å²) in [5.41, 5.74) is 1.38. The fourth-order valence-electron chi connectivity index (χ4n) is 6.47. The van der Waals surface area contributed by atoms with E-state index in [1.165, 1.54) is 108 Å². The maximum atomic E-state index is 5.79. The molecule has 0 saturated carbocycles. The number of rotatable bonds is 56. The van der Waals surface area contributed by atoms with Gasteiger partial charge in [0.05, 0.1) is 152 Å². The van der Waals surface area contributed by atoms with Crippen LogP contribution in [-0.4, -0.2) is 165 Å². The van der Waals surface area contributed by atoms with Gasteiger partial charge in [0.2, 0.25) is 0 Å². The van der Waals surface area contributed by atoms with Gasteiger partial charge in [-0.3, -0.25) is 0 Å². The molecule has 64 heavy (non-hydrogen) atoms. The third-order valence-electron chi connectivity index (χ3n) is 10.2. The van der Waals surface area contributed by atoms with Crippen molar-refractivity contribution in [2.24, 2.45) is 0 Å². The van der Waals surface area contributed by atoms with Gasteiger partial charge in [0.1, 0.15) is 12.4 Å². The van der Waals surface area contributed by atoms with E-state index in [1.54, 1.807) is 0 Å². The zero-order valence-electron chi connectivity index (χ0n) is 41.0. The first-order chi connectivity index (χ1) is 31.9. The molecule has 0 heterocycles. The van der Waals surface area contributed by atoms with Crippen molar-refractivity contribution >= 4 is 0 Å². The second-order valence-electron chi connectivity index (χ2n) is 15.9. The Hall–Kier alpha value is -1.46. The first kappa shape index (κ1) is 60.6. The van der Waals surface area contributed by atoms with Crippen molar-refractivity contribution in [1.29, 1.82) is 0 Å². The highest BCUT2D eigenvalue weighted by molar-refractivity contribution is 5.27. The predicted molar refractivity (Wildman–Crippen MR) is 255 cm³/mol. The molecule has 13 heteroatoms. The Morgan fingerprint density at radius 2 is 0.469 bits per heavy atom. The van der Waals surface area contributed by atoms with Crippen LogP contribution in [0.2, 0.25) is 0 Å². The van der Waals surface area contributed by atoms with Crippen LogP contribution < -0.4 is 4.74 Å². The Bertz CT molecular complexity index is 990. The molecule has 0 unspecified atom stereocenters. The van der Waals surface area contributed by atoms with Crippen LogP contribution in [0.5, 0.6) is 5.75 Å². The summed E-state index contributed by atoms with van der Waals surface area (Å²) in [7, 11) is 0. The molecule has 13 nitrogen and oxygen atoms in total. The molecule has 0 saturated heterocycles. The van der Waals surface area contributed by atoms with Crippen molar-refractivity contribution in [3.8, 4) is 5.75 Å². The molecule has 1 aromatic rings. The van der Waals surface area contributed by atoms with Gasteiger partial charge in [0.25, 0.3) is 0 Å². The van der Waals surface area contributed by atoms with E-state index in [1.807, 2.05) is 0 Å². The highest BCUT2D eigenvalue weighted by Gasteiger charge is 2.00. The van der Waals surface area contributed by atoms with Crippen molar-refractivity contribution in [3.63, 3.8) is 0 Å². The molecular weight excluding hydrogens is 821 g/mol. The highest BCUT2D eigenvalue weighted by atomic mass is 16.6. The van der Waals surface area contributed by atoms with Crippen molar-refractivity contribution in [2.75, 3.05) is 165 Å². The number of unbranched alkanes of at least 4 members (excludes halogenated alkanes) is 15. The summed E-state index contributed by atoms with van der Waals surface area (Å²) in [6.45, 7) is 18.2. The van der Waals surface area contributed by atoms with Crippen LogP contribution in [0.25, 0.3) is 0 Å². The lowest BCUT2D eigenvalue weighted by atomic mass is 10.0. The monoisotopic (exact) mass is 917 g/mol. The van der Waals surface area contributed by atoms with Crippen LogP contribution in [-0.2, 0) is 63.3 Å². The minimum absolute atomic E-state index is 0.512. The van der Waals surface area contributed by atoms with Gasteiger partial charge in [-0.25, -0.2) is 0 Å². The van der Waals surface area contributed by atoms with E-state index >= 15 is 0 Å². The number of hydrogen-bond donors (Lipinski definition) is 0. The quantitative estimate of drug-likeness (QED) is 0.0578. The van der Waals surface area contributed by atoms with Crippen LogP contribution in [0.3, 0.4) is 0 Å². The molecule has 0 aliphatic carbocycles. The Labute approximate surface area is 390 Å². The van der Waals surface area contributed by atoms with E-state index in [9.17, 15) is 0 Å². The normalized spacial score (nSPS) is 11.6. The second-order valence-corrected chi connectivity index (χ2v) is 15.9. The predicted octanol–water partition coefficient (Wildman–Crippen LogP) is 9.48.